The molecule has 0 heterocycles. The van der Waals surface area contributed by atoms with Crippen molar-refractivity contribution in [2.24, 2.45) is 0 Å². The fourth-order valence-corrected chi connectivity index (χ4v) is 3.01. The summed E-state index contributed by atoms with van der Waals surface area (Å²) < 4.78 is 0. The van der Waals surface area contributed by atoms with E-state index in [0.29, 0.717) is 10.6 Å². The maximum absolute atomic E-state index is 13.0. The predicted octanol–water partition coefficient (Wildman–Crippen LogP) is 5.42. The summed E-state index contributed by atoms with van der Waals surface area (Å²) in [6.45, 7) is 12.2. The minimum Gasteiger partial charge on any atom is -0.289 e. The van der Waals surface area contributed by atoms with Gasteiger partial charge in [0.1, 0.15) is 0 Å². The molecular formula is C19H21ClO. The smallest absolute Gasteiger partial charge is 0.195 e. The number of aryl methyl sites for hydroxylation is 1. The lowest BCUT2D eigenvalue weighted by Crippen LogP contribution is -2.11. The first-order chi connectivity index (χ1) is 9.77. The standard InChI is InChI=1S/C19H21ClO/c1-10-8-7-9-16(18(10)20)19(21)17-14(5)12(3)11(2)13(4)15(17)6/h7-9H,1-6H3. The average Bonchev–Trinajstić information content (AvgIpc) is 2.46. The van der Waals surface area contributed by atoms with E-state index in [1.807, 2.05) is 32.9 Å². The number of ketones is 1. The van der Waals surface area contributed by atoms with Crippen LogP contribution in [0.25, 0.3) is 0 Å². The van der Waals surface area contributed by atoms with E-state index < -0.39 is 0 Å². The van der Waals surface area contributed by atoms with Crippen LogP contribution in [-0.2, 0) is 0 Å². The summed E-state index contributed by atoms with van der Waals surface area (Å²) in [7, 11) is 0. The lowest BCUT2D eigenvalue weighted by atomic mass is 9.86. The molecule has 0 aliphatic rings. The number of carbonyl (C=O) groups excluding carboxylic acids is 1. The third kappa shape index (κ3) is 2.51. The zero-order chi connectivity index (χ0) is 15.9. The second-order valence-electron chi connectivity index (χ2n) is 5.77. The van der Waals surface area contributed by atoms with E-state index in [1.54, 1.807) is 6.07 Å². The minimum absolute atomic E-state index is 0.0184. The fraction of sp³-hybridized carbons (Fsp3) is 0.316. The van der Waals surface area contributed by atoms with Crippen molar-refractivity contribution in [3.63, 3.8) is 0 Å². The van der Waals surface area contributed by atoms with Gasteiger partial charge in [0.05, 0.1) is 5.02 Å². The highest BCUT2D eigenvalue weighted by Crippen LogP contribution is 2.30. The molecule has 110 valence electrons. The van der Waals surface area contributed by atoms with Gasteiger partial charge in [0.25, 0.3) is 0 Å². The number of halogens is 1. The van der Waals surface area contributed by atoms with E-state index in [4.69, 9.17) is 11.6 Å². The van der Waals surface area contributed by atoms with E-state index in [2.05, 4.69) is 20.8 Å². The fourth-order valence-electron chi connectivity index (χ4n) is 2.80. The van der Waals surface area contributed by atoms with Crippen LogP contribution >= 0.6 is 11.6 Å². The molecule has 0 N–H and O–H groups in total. The van der Waals surface area contributed by atoms with Crippen molar-refractivity contribution >= 4 is 17.4 Å². The Hall–Kier alpha value is -1.60. The van der Waals surface area contributed by atoms with Crippen LogP contribution in [0.2, 0.25) is 5.02 Å². The maximum atomic E-state index is 13.0. The van der Waals surface area contributed by atoms with Gasteiger partial charge in [-0.15, -0.1) is 0 Å². The van der Waals surface area contributed by atoms with Crippen LogP contribution in [0.1, 0.15) is 49.3 Å². The van der Waals surface area contributed by atoms with E-state index in [-0.39, 0.29) is 5.78 Å². The maximum Gasteiger partial charge on any atom is 0.195 e. The first kappa shape index (κ1) is 15.8. The topological polar surface area (TPSA) is 17.1 Å². The Morgan fingerprint density at radius 2 is 1.29 bits per heavy atom. The molecule has 0 unspecified atom stereocenters. The summed E-state index contributed by atoms with van der Waals surface area (Å²) in [4.78, 5) is 13.0. The van der Waals surface area contributed by atoms with Gasteiger partial charge < -0.3 is 0 Å². The summed E-state index contributed by atoms with van der Waals surface area (Å²) in [5, 5.41) is 0.553. The molecule has 0 atom stereocenters. The van der Waals surface area contributed by atoms with Crippen molar-refractivity contribution in [3.8, 4) is 0 Å². The second-order valence-corrected chi connectivity index (χ2v) is 6.14. The second kappa shape index (κ2) is 5.65. The molecular weight excluding hydrogens is 280 g/mol. The molecule has 2 aromatic carbocycles. The highest BCUT2D eigenvalue weighted by molar-refractivity contribution is 6.35. The third-order valence-corrected chi connectivity index (χ3v) is 5.17. The minimum atomic E-state index is 0.0184. The molecule has 0 aromatic heterocycles. The van der Waals surface area contributed by atoms with Gasteiger partial charge in [-0.3, -0.25) is 4.79 Å². The number of rotatable bonds is 2. The predicted molar refractivity (Wildman–Crippen MR) is 89.7 cm³/mol. The van der Waals surface area contributed by atoms with Crippen LogP contribution in [0.15, 0.2) is 18.2 Å². The first-order valence-electron chi connectivity index (χ1n) is 7.14. The van der Waals surface area contributed by atoms with Crippen LogP contribution < -0.4 is 0 Å². The van der Waals surface area contributed by atoms with Gasteiger partial charge in [0, 0.05) is 11.1 Å². The highest BCUT2D eigenvalue weighted by Gasteiger charge is 2.21. The number of hydrogen-bond donors (Lipinski definition) is 0. The normalized spacial score (nSPS) is 10.8. The van der Waals surface area contributed by atoms with Crippen molar-refractivity contribution in [3.05, 3.63) is 67.7 Å². The molecule has 0 bridgehead atoms. The van der Waals surface area contributed by atoms with E-state index >= 15 is 0 Å². The summed E-state index contributed by atoms with van der Waals surface area (Å²) in [5.41, 5.74) is 8.05. The molecule has 2 aromatic rings. The number of hydrogen-bond acceptors (Lipinski definition) is 1. The van der Waals surface area contributed by atoms with Gasteiger partial charge >= 0.3 is 0 Å². The van der Waals surface area contributed by atoms with Crippen LogP contribution in [0, 0.1) is 41.5 Å². The molecule has 0 aliphatic carbocycles. The van der Waals surface area contributed by atoms with Gasteiger partial charge in [-0.2, -0.15) is 0 Å². The van der Waals surface area contributed by atoms with Gasteiger partial charge in [-0.1, -0.05) is 23.7 Å². The van der Waals surface area contributed by atoms with Crippen molar-refractivity contribution in [1.29, 1.82) is 0 Å². The van der Waals surface area contributed by atoms with Crippen molar-refractivity contribution in [2.75, 3.05) is 0 Å². The molecule has 0 fully saturated rings. The van der Waals surface area contributed by atoms with Crippen LogP contribution in [0.3, 0.4) is 0 Å². The van der Waals surface area contributed by atoms with Gasteiger partial charge in [-0.05, 0) is 81.0 Å². The summed E-state index contributed by atoms with van der Waals surface area (Å²) in [6.07, 6.45) is 0. The van der Waals surface area contributed by atoms with E-state index in [1.165, 1.54) is 16.7 Å². The zero-order valence-corrected chi connectivity index (χ0v) is 14.3. The van der Waals surface area contributed by atoms with Gasteiger partial charge in [0.2, 0.25) is 0 Å². The highest BCUT2D eigenvalue weighted by atomic mass is 35.5. The van der Waals surface area contributed by atoms with Crippen LogP contribution in [-0.4, -0.2) is 5.78 Å². The average molecular weight is 301 g/mol. The lowest BCUT2D eigenvalue weighted by molar-refractivity contribution is 0.103. The molecule has 0 spiro atoms. The zero-order valence-electron chi connectivity index (χ0n) is 13.5. The largest absolute Gasteiger partial charge is 0.289 e. The number of carbonyl (C=O) groups is 1. The first-order valence-corrected chi connectivity index (χ1v) is 7.52. The van der Waals surface area contributed by atoms with Crippen LogP contribution in [0.5, 0.6) is 0 Å². The summed E-state index contributed by atoms with van der Waals surface area (Å²) in [5.74, 6) is 0.0184. The Bertz CT molecular complexity index is 713. The molecule has 21 heavy (non-hydrogen) atoms. The van der Waals surface area contributed by atoms with Crippen molar-refractivity contribution in [1.82, 2.24) is 0 Å². The lowest BCUT2D eigenvalue weighted by Gasteiger charge is -2.18. The van der Waals surface area contributed by atoms with Gasteiger partial charge in [0.15, 0.2) is 5.78 Å². The molecule has 0 saturated heterocycles. The number of benzene rings is 2. The Labute approximate surface area is 132 Å². The van der Waals surface area contributed by atoms with Crippen LogP contribution in [0.4, 0.5) is 0 Å². The summed E-state index contributed by atoms with van der Waals surface area (Å²) in [6, 6.07) is 5.61. The van der Waals surface area contributed by atoms with Crippen molar-refractivity contribution < 1.29 is 4.79 Å². The monoisotopic (exact) mass is 300 g/mol. The molecule has 2 heteroatoms. The summed E-state index contributed by atoms with van der Waals surface area (Å²) >= 11 is 6.33. The molecule has 0 amide bonds. The van der Waals surface area contributed by atoms with E-state index in [0.717, 1.165) is 22.3 Å². The Morgan fingerprint density at radius 1 is 0.810 bits per heavy atom. The molecule has 1 nitrogen and oxygen atoms in total. The van der Waals surface area contributed by atoms with Crippen molar-refractivity contribution in [2.45, 2.75) is 41.5 Å². The molecule has 0 aliphatic heterocycles. The Balaban J connectivity index is 2.73. The van der Waals surface area contributed by atoms with E-state index in [9.17, 15) is 4.79 Å². The molecule has 2 rings (SSSR count). The third-order valence-electron chi connectivity index (χ3n) is 4.66. The Morgan fingerprint density at radius 3 is 1.81 bits per heavy atom. The Kier molecular flexibility index (Phi) is 4.25. The molecule has 0 saturated carbocycles. The van der Waals surface area contributed by atoms with Gasteiger partial charge in [-0.25, -0.2) is 0 Å². The SMILES string of the molecule is Cc1cccc(C(=O)c2c(C)c(C)c(C)c(C)c2C)c1Cl. The molecule has 0 radical (unpaired) electrons. The quantitative estimate of drug-likeness (QED) is 0.677.